The fourth-order valence-corrected chi connectivity index (χ4v) is 5.37. The Labute approximate surface area is 211 Å². The van der Waals surface area contributed by atoms with Crippen LogP contribution in [-0.2, 0) is 14.3 Å². The number of ether oxygens (including phenoxy) is 1. The van der Waals surface area contributed by atoms with Gasteiger partial charge in [-0.05, 0) is 61.9 Å². The summed E-state index contributed by atoms with van der Waals surface area (Å²) in [6.45, 7) is 2.27. The first-order valence-electron chi connectivity index (χ1n) is 12.7. The minimum absolute atomic E-state index is 0.0280. The van der Waals surface area contributed by atoms with Gasteiger partial charge in [-0.3, -0.25) is 19.4 Å². The Balaban J connectivity index is 1.80. The van der Waals surface area contributed by atoms with Crippen molar-refractivity contribution in [3.63, 3.8) is 0 Å². The third-order valence-electron chi connectivity index (χ3n) is 7.21. The number of aryl methyl sites for hydroxylation is 1. The molecule has 1 saturated carbocycles. The molecule has 0 radical (unpaired) electrons. The van der Waals surface area contributed by atoms with Gasteiger partial charge in [-0.15, -0.1) is 0 Å². The van der Waals surface area contributed by atoms with Crippen molar-refractivity contribution in [2.45, 2.75) is 70.0 Å². The Hall–Kier alpha value is -3.42. The van der Waals surface area contributed by atoms with Gasteiger partial charge in [-0.25, -0.2) is 9.18 Å². The van der Waals surface area contributed by atoms with Crippen molar-refractivity contribution in [3.8, 4) is 0 Å². The van der Waals surface area contributed by atoms with Gasteiger partial charge in [0.25, 0.3) is 5.91 Å². The lowest BCUT2D eigenvalue weighted by molar-refractivity contribution is -0.129. The van der Waals surface area contributed by atoms with Gasteiger partial charge < -0.3 is 10.1 Å². The van der Waals surface area contributed by atoms with Gasteiger partial charge in [0, 0.05) is 18.3 Å². The molecule has 0 bridgehead atoms. The Kier molecular flexibility index (Phi) is 8.23. The first kappa shape index (κ1) is 25.7. The van der Waals surface area contributed by atoms with E-state index in [0.29, 0.717) is 24.9 Å². The largest absolute Gasteiger partial charge is 0.453 e. The first-order valence-corrected chi connectivity index (χ1v) is 12.7. The van der Waals surface area contributed by atoms with E-state index in [-0.39, 0.29) is 17.6 Å². The highest BCUT2D eigenvalue weighted by molar-refractivity contribution is 6.05. The number of nitrogens with one attached hydrogen (secondary N) is 1. The van der Waals surface area contributed by atoms with Gasteiger partial charge in [-0.2, -0.15) is 0 Å². The second kappa shape index (κ2) is 11.5. The van der Waals surface area contributed by atoms with Crippen molar-refractivity contribution >= 4 is 23.6 Å². The zero-order chi connectivity index (χ0) is 25.7. The summed E-state index contributed by atoms with van der Waals surface area (Å²) in [5, 5.41) is 3.17. The van der Waals surface area contributed by atoms with Gasteiger partial charge in [0.15, 0.2) is 0 Å². The van der Waals surface area contributed by atoms with Crippen LogP contribution in [0.4, 0.5) is 14.9 Å². The SMILES string of the molecule is COC(=O)N1CCC[C@@H]1C(=O)N(c1cccc(F)c1)[C@H](C(=O)NC1CCCCC1)c1ccccc1C. The molecule has 2 aliphatic rings. The van der Waals surface area contributed by atoms with Gasteiger partial charge in [0.2, 0.25) is 5.91 Å². The molecule has 2 aromatic rings. The number of carbonyl (C=O) groups is 3. The lowest BCUT2D eigenvalue weighted by Crippen LogP contribution is -2.53. The van der Waals surface area contributed by atoms with Gasteiger partial charge in [0.05, 0.1) is 7.11 Å². The average Bonchev–Trinajstić information content (AvgIpc) is 3.38. The molecule has 7 nitrogen and oxygen atoms in total. The van der Waals surface area contributed by atoms with E-state index in [2.05, 4.69) is 5.32 Å². The molecule has 2 fully saturated rings. The molecule has 3 amide bonds. The number of methoxy groups -OCH3 is 1. The number of carbonyl (C=O) groups excluding carboxylic acids is 3. The summed E-state index contributed by atoms with van der Waals surface area (Å²) < 4.78 is 19.3. The number of hydrogen-bond acceptors (Lipinski definition) is 4. The molecule has 0 unspecified atom stereocenters. The highest BCUT2D eigenvalue weighted by Crippen LogP contribution is 2.34. The molecule has 2 atom stereocenters. The van der Waals surface area contributed by atoms with Crippen molar-refractivity contribution < 1.29 is 23.5 Å². The predicted octanol–water partition coefficient (Wildman–Crippen LogP) is 4.89. The second-order valence-electron chi connectivity index (χ2n) is 9.61. The number of rotatable bonds is 6. The van der Waals surface area contributed by atoms with Crippen LogP contribution in [0, 0.1) is 12.7 Å². The topological polar surface area (TPSA) is 79.0 Å². The van der Waals surface area contributed by atoms with Crippen LogP contribution in [0.5, 0.6) is 0 Å². The second-order valence-corrected chi connectivity index (χ2v) is 9.61. The number of likely N-dealkylation sites (tertiary alicyclic amines) is 1. The molecule has 1 heterocycles. The molecule has 4 rings (SSSR count). The zero-order valence-corrected chi connectivity index (χ0v) is 20.9. The standard InChI is InChI=1S/C28H34FN3O4/c1-19-10-6-7-15-23(19)25(26(33)30-21-12-4-3-5-13-21)32(22-14-8-11-20(29)18-22)27(34)24-16-9-17-31(24)28(35)36-2/h6-8,10-11,14-15,18,21,24-25H,3-5,9,12-13,16-17H2,1-2H3,(H,30,33)/t24-,25+/m1/s1. The molecule has 192 valence electrons. The van der Waals surface area contributed by atoms with Crippen LogP contribution in [0.2, 0.25) is 0 Å². The molecule has 8 heteroatoms. The minimum Gasteiger partial charge on any atom is -0.453 e. The van der Waals surface area contributed by atoms with Gasteiger partial charge in [0.1, 0.15) is 17.9 Å². The summed E-state index contributed by atoms with van der Waals surface area (Å²) in [6.07, 6.45) is 5.48. The Morgan fingerprint density at radius 2 is 1.78 bits per heavy atom. The quantitative estimate of drug-likeness (QED) is 0.619. The van der Waals surface area contributed by atoms with E-state index in [4.69, 9.17) is 4.74 Å². The smallest absolute Gasteiger partial charge is 0.410 e. The summed E-state index contributed by atoms with van der Waals surface area (Å²) in [7, 11) is 1.28. The number of benzene rings is 2. The summed E-state index contributed by atoms with van der Waals surface area (Å²) in [5.41, 5.74) is 1.77. The fraction of sp³-hybridized carbons (Fsp3) is 0.464. The Bertz CT molecular complexity index is 1100. The molecule has 2 aromatic carbocycles. The van der Waals surface area contributed by atoms with E-state index in [1.807, 2.05) is 31.2 Å². The van der Waals surface area contributed by atoms with Crippen molar-refractivity contribution in [3.05, 3.63) is 65.5 Å². The van der Waals surface area contributed by atoms with E-state index in [1.165, 1.54) is 35.1 Å². The summed E-state index contributed by atoms with van der Waals surface area (Å²) >= 11 is 0. The van der Waals surface area contributed by atoms with E-state index in [9.17, 15) is 18.8 Å². The maximum Gasteiger partial charge on any atom is 0.410 e. The van der Waals surface area contributed by atoms with E-state index in [0.717, 1.165) is 37.7 Å². The molecule has 1 aliphatic heterocycles. The van der Waals surface area contributed by atoms with Crippen LogP contribution in [-0.4, -0.2) is 48.5 Å². The highest BCUT2D eigenvalue weighted by atomic mass is 19.1. The van der Waals surface area contributed by atoms with Gasteiger partial charge >= 0.3 is 6.09 Å². The number of hydrogen-bond donors (Lipinski definition) is 1. The molecular weight excluding hydrogens is 461 g/mol. The fourth-order valence-electron chi connectivity index (χ4n) is 5.37. The maximum atomic E-state index is 14.4. The van der Waals surface area contributed by atoms with Crippen LogP contribution in [0.15, 0.2) is 48.5 Å². The number of amides is 3. The van der Waals surface area contributed by atoms with Gasteiger partial charge in [-0.1, -0.05) is 49.6 Å². The number of nitrogens with zero attached hydrogens (tertiary/aromatic N) is 2. The Morgan fingerprint density at radius 1 is 1.03 bits per heavy atom. The first-order chi connectivity index (χ1) is 17.4. The van der Waals surface area contributed by atoms with Crippen molar-refractivity contribution in [1.82, 2.24) is 10.2 Å². The lowest BCUT2D eigenvalue weighted by Gasteiger charge is -2.36. The molecule has 1 saturated heterocycles. The third kappa shape index (κ3) is 5.53. The van der Waals surface area contributed by atoms with Crippen LogP contribution < -0.4 is 10.2 Å². The molecule has 36 heavy (non-hydrogen) atoms. The molecule has 1 N–H and O–H groups in total. The van der Waals surface area contributed by atoms with Crippen molar-refractivity contribution in [2.24, 2.45) is 0 Å². The molecule has 0 aromatic heterocycles. The summed E-state index contributed by atoms with van der Waals surface area (Å²) in [5.74, 6) is -1.26. The van der Waals surface area contributed by atoms with E-state index in [1.54, 1.807) is 6.07 Å². The van der Waals surface area contributed by atoms with Crippen molar-refractivity contribution in [1.29, 1.82) is 0 Å². The highest BCUT2D eigenvalue weighted by Gasteiger charge is 2.42. The van der Waals surface area contributed by atoms with Crippen LogP contribution in [0.3, 0.4) is 0 Å². The average molecular weight is 496 g/mol. The van der Waals surface area contributed by atoms with Crippen LogP contribution in [0.1, 0.15) is 62.1 Å². The third-order valence-corrected chi connectivity index (χ3v) is 7.21. The summed E-state index contributed by atoms with van der Waals surface area (Å²) in [6, 6.07) is 11.3. The Morgan fingerprint density at radius 3 is 2.47 bits per heavy atom. The lowest BCUT2D eigenvalue weighted by atomic mass is 9.93. The summed E-state index contributed by atoms with van der Waals surface area (Å²) in [4.78, 5) is 43.3. The van der Waals surface area contributed by atoms with Crippen LogP contribution >= 0.6 is 0 Å². The van der Waals surface area contributed by atoms with Crippen LogP contribution in [0.25, 0.3) is 0 Å². The normalized spacial score (nSPS) is 19.0. The molecule has 0 spiro atoms. The van der Waals surface area contributed by atoms with Crippen molar-refractivity contribution in [2.75, 3.05) is 18.6 Å². The van der Waals surface area contributed by atoms with E-state index >= 15 is 0 Å². The maximum absolute atomic E-state index is 14.4. The monoisotopic (exact) mass is 495 g/mol. The molecular formula is C28H34FN3O4. The molecule has 1 aliphatic carbocycles. The number of anilines is 1. The number of halogens is 1. The minimum atomic E-state index is -1.03. The van der Waals surface area contributed by atoms with E-state index < -0.39 is 29.9 Å². The predicted molar refractivity (Wildman–Crippen MR) is 135 cm³/mol. The zero-order valence-electron chi connectivity index (χ0n) is 20.9.